The van der Waals surface area contributed by atoms with Crippen LogP contribution >= 0.6 is 0 Å². The van der Waals surface area contributed by atoms with Gasteiger partial charge in [0.1, 0.15) is 28.7 Å². The van der Waals surface area contributed by atoms with Gasteiger partial charge >= 0.3 is 6.09 Å². The molecule has 3 aromatic rings. The predicted octanol–water partition coefficient (Wildman–Crippen LogP) is 2.77. The van der Waals surface area contributed by atoms with E-state index in [1.165, 1.54) is 21.8 Å². The van der Waals surface area contributed by atoms with Crippen LogP contribution in [0.5, 0.6) is 0 Å². The molecule has 3 N–H and O–H groups in total. The Balaban J connectivity index is 2.05. The lowest BCUT2D eigenvalue weighted by Crippen LogP contribution is -2.35. The van der Waals surface area contributed by atoms with Crippen LogP contribution in [-0.2, 0) is 4.74 Å². The van der Waals surface area contributed by atoms with E-state index in [1.54, 1.807) is 70.0 Å². The zero-order valence-electron chi connectivity index (χ0n) is 19.5. The van der Waals surface area contributed by atoms with E-state index in [1.807, 2.05) is 6.92 Å². The third kappa shape index (κ3) is 5.20. The van der Waals surface area contributed by atoms with Crippen molar-refractivity contribution in [2.45, 2.75) is 33.3 Å². The molecule has 11 heteroatoms. The highest BCUT2D eigenvalue weighted by Crippen LogP contribution is 2.24. The quantitative estimate of drug-likeness (QED) is 0.569. The minimum Gasteiger partial charge on any atom is -0.443 e. The van der Waals surface area contributed by atoms with Gasteiger partial charge in [-0.15, -0.1) is 0 Å². The topological polar surface area (TPSA) is 132 Å². The fraction of sp³-hybridized carbons (Fsp3) is 0.318. The Morgan fingerprint density at radius 3 is 2.76 bits per heavy atom. The SMILES string of the molecule is CN=CC=C(N)n1cccc(Nc2cc(N(C)C(=O)OC(C)(C)C)n3ncc(C)c3n2)c1=O. The normalized spacial score (nSPS) is 12.4. The maximum atomic E-state index is 12.9. The molecule has 0 saturated heterocycles. The number of hydrogen-bond acceptors (Lipinski definition) is 8. The fourth-order valence-electron chi connectivity index (χ4n) is 2.95. The average Bonchev–Trinajstić information content (AvgIpc) is 3.12. The minimum atomic E-state index is -0.663. The monoisotopic (exact) mass is 452 g/mol. The van der Waals surface area contributed by atoms with Crippen LogP contribution in [0.3, 0.4) is 0 Å². The average molecular weight is 453 g/mol. The van der Waals surface area contributed by atoms with Crippen molar-refractivity contribution in [1.29, 1.82) is 0 Å². The van der Waals surface area contributed by atoms with E-state index in [9.17, 15) is 9.59 Å². The lowest BCUT2D eigenvalue weighted by Gasteiger charge is -2.25. The van der Waals surface area contributed by atoms with Crippen LogP contribution in [0.2, 0.25) is 0 Å². The molecule has 0 atom stereocenters. The summed E-state index contributed by atoms with van der Waals surface area (Å²) in [6, 6.07) is 4.92. The largest absolute Gasteiger partial charge is 0.443 e. The first-order valence-electron chi connectivity index (χ1n) is 10.2. The van der Waals surface area contributed by atoms with Gasteiger partial charge in [-0.25, -0.2) is 9.78 Å². The Bertz CT molecular complexity index is 1300. The van der Waals surface area contributed by atoms with E-state index in [2.05, 4.69) is 20.4 Å². The number of aliphatic imine (C=N–C) groups is 1. The highest BCUT2D eigenvalue weighted by molar-refractivity contribution is 5.87. The van der Waals surface area contributed by atoms with Gasteiger partial charge in [0.05, 0.1) is 6.20 Å². The minimum absolute atomic E-state index is 0.217. The van der Waals surface area contributed by atoms with Gasteiger partial charge in [-0.3, -0.25) is 19.3 Å². The summed E-state index contributed by atoms with van der Waals surface area (Å²) in [6.07, 6.45) is 5.68. The van der Waals surface area contributed by atoms with Gasteiger partial charge in [-0.05, 0) is 45.9 Å². The smallest absolute Gasteiger partial charge is 0.415 e. The summed E-state index contributed by atoms with van der Waals surface area (Å²) in [5.74, 6) is 0.985. The molecule has 3 heterocycles. The van der Waals surface area contributed by atoms with Crippen molar-refractivity contribution in [2.75, 3.05) is 24.3 Å². The van der Waals surface area contributed by atoms with Gasteiger partial charge in [0.25, 0.3) is 5.56 Å². The van der Waals surface area contributed by atoms with Crippen molar-refractivity contribution >= 4 is 41.1 Å². The number of nitrogens with two attached hydrogens (primary N) is 1. The molecule has 0 aliphatic rings. The number of rotatable bonds is 5. The summed E-state index contributed by atoms with van der Waals surface area (Å²) in [5, 5.41) is 7.36. The number of fused-ring (bicyclic) bond motifs is 1. The number of anilines is 3. The second-order valence-corrected chi connectivity index (χ2v) is 8.32. The molecule has 11 nitrogen and oxygen atoms in total. The van der Waals surface area contributed by atoms with Crippen LogP contribution in [0.1, 0.15) is 26.3 Å². The number of nitrogens with zero attached hydrogens (tertiary/aromatic N) is 6. The molecule has 0 unspecified atom stereocenters. The van der Waals surface area contributed by atoms with Gasteiger partial charge in [-0.1, -0.05) is 0 Å². The zero-order chi connectivity index (χ0) is 24.3. The molecule has 33 heavy (non-hydrogen) atoms. The Morgan fingerprint density at radius 2 is 2.09 bits per heavy atom. The number of hydrogen-bond donors (Lipinski definition) is 2. The first kappa shape index (κ1) is 23.5. The van der Waals surface area contributed by atoms with Crippen LogP contribution in [0, 0.1) is 6.92 Å². The number of ether oxygens (including phenoxy) is 1. The van der Waals surface area contributed by atoms with E-state index in [-0.39, 0.29) is 17.1 Å². The lowest BCUT2D eigenvalue weighted by molar-refractivity contribution is 0.0587. The first-order valence-corrected chi connectivity index (χ1v) is 10.2. The van der Waals surface area contributed by atoms with E-state index in [0.29, 0.717) is 17.3 Å². The second kappa shape index (κ2) is 9.15. The molecule has 0 aliphatic heterocycles. The first-order chi connectivity index (χ1) is 15.5. The van der Waals surface area contributed by atoms with Crippen molar-refractivity contribution in [3.8, 4) is 0 Å². The number of carbonyl (C=O) groups is 1. The molecule has 0 aliphatic carbocycles. The van der Waals surface area contributed by atoms with Gasteiger partial charge in [0.2, 0.25) is 0 Å². The summed E-state index contributed by atoms with van der Waals surface area (Å²) in [4.78, 5) is 35.4. The molecule has 3 rings (SSSR count). The standard InChI is InChI=1S/C22H28N8O3/c1-14-13-25-30-18(28(6)21(32)33-22(2,3)4)12-17(27-19(14)30)26-15-8-7-11-29(20(15)31)16(23)9-10-24-5/h7-13H,23H2,1-6H3,(H,26,27). The Hall–Kier alpha value is -4.15. The number of aryl methyl sites for hydroxylation is 1. The molecule has 0 fully saturated rings. The number of nitrogens with one attached hydrogen (secondary N) is 1. The predicted molar refractivity (Wildman–Crippen MR) is 129 cm³/mol. The summed E-state index contributed by atoms with van der Waals surface area (Å²) >= 11 is 0. The summed E-state index contributed by atoms with van der Waals surface area (Å²) in [6.45, 7) is 7.23. The molecule has 0 aromatic carbocycles. The van der Waals surface area contributed by atoms with Gasteiger partial charge in [0, 0.05) is 38.1 Å². The molecule has 0 bridgehead atoms. The van der Waals surface area contributed by atoms with Crippen molar-refractivity contribution in [2.24, 2.45) is 10.7 Å². The molecular weight excluding hydrogens is 424 g/mol. The second-order valence-electron chi connectivity index (χ2n) is 8.32. The van der Waals surface area contributed by atoms with E-state index in [4.69, 9.17) is 10.5 Å². The number of amides is 1. The molecule has 3 aromatic heterocycles. The van der Waals surface area contributed by atoms with Crippen molar-refractivity contribution < 1.29 is 9.53 Å². The third-order valence-corrected chi connectivity index (χ3v) is 4.52. The molecule has 174 valence electrons. The summed E-state index contributed by atoms with van der Waals surface area (Å²) < 4.78 is 8.31. The van der Waals surface area contributed by atoms with Crippen molar-refractivity contribution in [3.05, 3.63) is 52.6 Å². The maximum Gasteiger partial charge on any atom is 0.415 e. The van der Waals surface area contributed by atoms with Crippen LogP contribution in [0.15, 0.2) is 46.5 Å². The number of aromatic nitrogens is 4. The Labute approximate surface area is 191 Å². The van der Waals surface area contributed by atoms with Gasteiger partial charge < -0.3 is 15.8 Å². The number of allylic oxidation sites excluding steroid dienone is 1. The summed E-state index contributed by atoms with van der Waals surface area (Å²) in [7, 11) is 3.19. The molecule has 0 spiro atoms. The van der Waals surface area contributed by atoms with Crippen LogP contribution in [0.25, 0.3) is 11.5 Å². The molecule has 1 amide bonds. The molecule has 0 saturated carbocycles. The highest BCUT2D eigenvalue weighted by atomic mass is 16.6. The number of pyridine rings is 1. The van der Waals surface area contributed by atoms with E-state index in [0.717, 1.165) is 5.56 Å². The van der Waals surface area contributed by atoms with Crippen LogP contribution in [0.4, 0.5) is 22.1 Å². The summed E-state index contributed by atoms with van der Waals surface area (Å²) in [5.41, 5.74) is 6.54. The number of carbonyl (C=O) groups excluding carboxylic acids is 1. The Kier molecular flexibility index (Phi) is 6.52. The van der Waals surface area contributed by atoms with Gasteiger partial charge in [0.15, 0.2) is 5.65 Å². The van der Waals surface area contributed by atoms with E-state index >= 15 is 0 Å². The van der Waals surface area contributed by atoms with Crippen molar-refractivity contribution in [3.63, 3.8) is 0 Å². The molecular formula is C22H28N8O3. The lowest BCUT2D eigenvalue weighted by atomic mass is 10.2. The molecule has 0 radical (unpaired) electrons. The maximum absolute atomic E-state index is 12.9. The highest BCUT2D eigenvalue weighted by Gasteiger charge is 2.23. The van der Waals surface area contributed by atoms with Crippen LogP contribution < -0.4 is 21.5 Å². The van der Waals surface area contributed by atoms with Gasteiger partial charge in [-0.2, -0.15) is 9.61 Å². The fourth-order valence-corrected chi connectivity index (χ4v) is 2.95. The van der Waals surface area contributed by atoms with Crippen molar-refractivity contribution in [1.82, 2.24) is 19.2 Å². The van der Waals surface area contributed by atoms with Crippen LogP contribution in [-0.4, -0.2) is 51.2 Å². The zero-order valence-corrected chi connectivity index (χ0v) is 19.5. The Morgan fingerprint density at radius 1 is 1.36 bits per heavy atom. The van der Waals surface area contributed by atoms with E-state index < -0.39 is 11.7 Å². The third-order valence-electron chi connectivity index (χ3n) is 4.52.